The Labute approximate surface area is 198 Å². The number of carbonyl (C=O) groups is 2. The van der Waals surface area contributed by atoms with E-state index in [1.54, 1.807) is 26.2 Å². The van der Waals surface area contributed by atoms with Crippen LogP contribution in [0.15, 0.2) is 42.5 Å². The molecular weight excluding hydrogens is 442 g/mol. The number of hydrogen-bond donors (Lipinski definition) is 1. The van der Waals surface area contributed by atoms with Crippen LogP contribution in [0.4, 0.5) is 5.69 Å². The summed E-state index contributed by atoms with van der Waals surface area (Å²) in [7, 11) is 2.87. The second kappa shape index (κ2) is 11.4. The molecule has 2 aromatic rings. The van der Waals surface area contributed by atoms with Gasteiger partial charge >= 0.3 is 5.69 Å². The van der Waals surface area contributed by atoms with Gasteiger partial charge in [0.15, 0.2) is 6.61 Å². The minimum Gasteiger partial charge on any atom is -0.497 e. The molecule has 10 nitrogen and oxygen atoms in total. The molecule has 0 spiro atoms. The normalized spacial score (nSPS) is 11.8. The second-order valence-electron chi connectivity index (χ2n) is 8.66. The van der Waals surface area contributed by atoms with Gasteiger partial charge in [0, 0.05) is 24.2 Å². The van der Waals surface area contributed by atoms with Crippen molar-refractivity contribution >= 4 is 17.5 Å². The van der Waals surface area contributed by atoms with Crippen molar-refractivity contribution in [1.29, 1.82) is 0 Å². The van der Waals surface area contributed by atoms with E-state index in [0.29, 0.717) is 5.75 Å². The number of carbonyl (C=O) groups excluding carboxylic acids is 2. The largest absolute Gasteiger partial charge is 0.497 e. The average Bonchev–Trinajstić information content (AvgIpc) is 2.79. The van der Waals surface area contributed by atoms with Crippen molar-refractivity contribution in [2.45, 2.75) is 45.8 Å². The molecule has 184 valence electrons. The van der Waals surface area contributed by atoms with Crippen molar-refractivity contribution in [3.8, 4) is 17.2 Å². The van der Waals surface area contributed by atoms with Gasteiger partial charge in [0.2, 0.25) is 11.7 Å². The number of amides is 2. The van der Waals surface area contributed by atoms with Crippen molar-refractivity contribution in [1.82, 2.24) is 10.2 Å². The molecule has 2 aromatic carbocycles. The first-order chi connectivity index (χ1) is 15.9. The summed E-state index contributed by atoms with van der Waals surface area (Å²) in [5.74, 6) is 0.196. The number of benzene rings is 2. The Balaban J connectivity index is 2.21. The Bertz CT molecular complexity index is 1020. The molecular formula is C24H31N3O7. The fraction of sp³-hybridized carbons (Fsp3) is 0.417. The average molecular weight is 474 g/mol. The molecule has 0 aliphatic carbocycles. The molecule has 0 fully saturated rings. The molecule has 1 atom stereocenters. The number of nitrogens with zero attached hydrogens (tertiary/aromatic N) is 2. The van der Waals surface area contributed by atoms with Gasteiger partial charge in [-0.05, 0) is 51.5 Å². The standard InChI is InChI=1S/C24H31N3O7/c1-16(23(29)25-24(2,3)4)26(14-17-7-9-18(32-5)10-8-17)22(28)15-34-19-11-12-20(27(30)31)21(13-19)33-6/h7-13,16H,14-15H2,1-6H3,(H,25,29)/t16-/m1/s1. The zero-order chi connectivity index (χ0) is 25.5. The Morgan fingerprint density at radius 1 is 1.06 bits per heavy atom. The highest BCUT2D eigenvalue weighted by molar-refractivity contribution is 5.88. The molecule has 0 bridgehead atoms. The van der Waals surface area contributed by atoms with Gasteiger partial charge in [-0.3, -0.25) is 19.7 Å². The third-order valence-corrected chi connectivity index (χ3v) is 4.89. The molecule has 0 heterocycles. The molecule has 0 aliphatic rings. The molecule has 10 heteroatoms. The maximum Gasteiger partial charge on any atom is 0.311 e. The van der Waals surface area contributed by atoms with Crippen LogP contribution in [0.25, 0.3) is 0 Å². The van der Waals surface area contributed by atoms with E-state index >= 15 is 0 Å². The SMILES string of the molecule is COc1ccc(CN(C(=O)COc2ccc([N+](=O)[O-])c(OC)c2)[C@H](C)C(=O)NC(C)(C)C)cc1. The van der Waals surface area contributed by atoms with E-state index in [2.05, 4.69) is 5.32 Å². The van der Waals surface area contributed by atoms with E-state index in [0.717, 1.165) is 5.56 Å². The number of rotatable bonds is 10. The Kier molecular flexibility index (Phi) is 8.83. The number of ether oxygens (including phenoxy) is 3. The van der Waals surface area contributed by atoms with Crippen molar-refractivity contribution in [3.05, 3.63) is 58.1 Å². The summed E-state index contributed by atoms with van der Waals surface area (Å²) in [6.45, 7) is 7.03. The van der Waals surface area contributed by atoms with Gasteiger partial charge in [0.25, 0.3) is 5.91 Å². The lowest BCUT2D eigenvalue weighted by atomic mass is 10.1. The van der Waals surface area contributed by atoms with E-state index in [9.17, 15) is 19.7 Å². The molecule has 0 saturated heterocycles. The molecule has 0 unspecified atom stereocenters. The number of methoxy groups -OCH3 is 2. The van der Waals surface area contributed by atoms with Crippen molar-refractivity contribution in [2.75, 3.05) is 20.8 Å². The predicted octanol–water partition coefficient (Wildman–Crippen LogP) is 3.32. The number of nitro groups is 1. The lowest BCUT2D eigenvalue weighted by Gasteiger charge is -2.31. The summed E-state index contributed by atoms with van der Waals surface area (Å²) < 4.78 is 15.8. The first kappa shape index (κ1) is 26.4. The van der Waals surface area contributed by atoms with E-state index in [1.165, 1.54) is 30.2 Å². The lowest BCUT2D eigenvalue weighted by Crippen LogP contribution is -2.53. The van der Waals surface area contributed by atoms with Crippen LogP contribution >= 0.6 is 0 Å². The van der Waals surface area contributed by atoms with Gasteiger partial charge in [-0.1, -0.05) is 12.1 Å². The summed E-state index contributed by atoms with van der Waals surface area (Å²) in [6.07, 6.45) is 0. The van der Waals surface area contributed by atoms with Crippen LogP contribution in [0.1, 0.15) is 33.3 Å². The molecule has 34 heavy (non-hydrogen) atoms. The summed E-state index contributed by atoms with van der Waals surface area (Å²) in [5, 5.41) is 14.0. The molecule has 0 radical (unpaired) electrons. The molecule has 1 N–H and O–H groups in total. The predicted molar refractivity (Wildman–Crippen MR) is 126 cm³/mol. The second-order valence-corrected chi connectivity index (χ2v) is 8.66. The highest BCUT2D eigenvalue weighted by Crippen LogP contribution is 2.30. The first-order valence-electron chi connectivity index (χ1n) is 10.6. The van der Waals surface area contributed by atoms with E-state index in [-0.39, 0.29) is 36.2 Å². The number of hydrogen-bond acceptors (Lipinski definition) is 7. The summed E-state index contributed by atoms with van der Waals surface area (Å²) in [4.78, 5) is 37.9. The van der Waals surface area contributed by atoms with E-state index in [1.807, 2.05) is 32.9 Å². The van der Waals surface area contributed by atoms with Crippen molar-refractivity contribution in [2.24, 2.45) is 0 Å². The van der Waals surface area contributed by atoms with Crippen molar-refractivity contribution in [3.63, 3.8) is 0 Å². The minimum absolute atomic E-state index is 0.0166. The van der Waals surface area contributed by atoms with Gasteiger partial charge in [0.1, 0.15) is 17.5 Å². The van der Waals surface area contributed by atoms with Crippen LogP contribution in [0.3, 0.4) is 0 Å². The van der Waals surface area contributed by atoms with Gasteiger partial charge in [-0.15, -0.1) is 0 Å². The van der Waals surface area contributed by atoms with Crippen molar-refractivity contribution < 1.29 is 28.7 Å². The van der Waals surface area contributed by atoms with Gasteiger partial charge in [-0.2, -0.15) is 0 Å². The highest BCUT2D eigenvalue weighted by atomic mass is 16.6. The summed E-state index contributed by atoms with van der Waals surface area (Å²) >= 11 is 0. The van der Waals surface area contributed by atoms with Gasteiger partial charge in [-0.25, -0.2) is 0 Å². The maximum atomic E-state index is 13.1. The topological polar surface area (TPSA) is 120 Å². The molecule has 0 saturated carbocycles. The highest BCUT2D eigenvalue weighted by Gasteiger charge is 2.29. The van der Waals surface area contributed by atoms with Crippen LogP contribution in [-0.4, -0.2) is 54.0 Å². The van der Waals surface area contributed by atoms with E-state index in [4.69, 9.17) is 14.2 Å². The van der Waals surface area contributed by atoms with E-state index < -0.39 is 22.4 Å². The third kappa shape index (κ3) is 7.36. The zero-order valence-electron chi connectivity index (χ0n) is 20.3. The van der Waals surface area contributed by atoms with Gasteiger partial charge in [0.05, 0.1) is 19.1 Å². The van der Waals surface area contributed by atoms with Crippen LogP contribution in [0, 0.1) is 10.1 Å². The molecule has 0 aliphatic heterocycles. The first-order valence-corrected chi connectivity index (χ1v) is 10.6. The number of nitrogens with one attached hydrogen (secondary N) is 1. The van der Waals surface area contributed by atoms with Crippen LogP contribution in [-0.2, 0) is 16.1 Å². The van der Waals surface area contributed by atoms with Crippen LogP contribution in [0.2, 0.25) is 0 Å². The molecule has 2 rings (SSSR count). The third-order valence-electron chi connectivity index (χ3n) is 4.89. The van der Waals surface area contributed by atoms with Gasteiger partial charge < -0.3 is 24.4 Å². The monoisotopic (exact) mass is 473 g/mol. The smallest absolute Gasteiger partial charge is 0.311 e. The minimum atomic E-state index is -0.774. The fourth-order valence-corrected chi connectivity index (χ4v) is 3.11. The number of nitro benzene ring substituents is 1. The summed E-state index contributed by atoms with van der Waals surface area (Å²) in [5.41, 5.74) is 0.128. The van der Waals surface area contributed by atoms with Crippen LogP contribution < -0.4 is 19.5 Å². The summed E-state index contributed by atoms with van der Waals surface area (Å²) in [6, 6.07) is 10.4. The van der Waals surface area contributed by atoms with Crippen LogP contribution in [0.5, 0.6) is 17.2 Å². The maximum absolute atomic E-state index is 13.1. The zero-order valence-corrected chi connectivity index (χ0v) is 20.3. The molecule has 0 aromatic heterocycles. The quantitative estimate of drug-likeness (QED) is 0.415. The Hall–Kier alpha value is -3.82. The fourth-order valence-electron chi connectivity index (χ4n) is 3.11. The molecule has 2 amide bonds. The Morgan fingerprint density at radius 3 is 2.21 bits per heavy atom. The Morgan fingerprint density at radius 2 is 1.68 bits per heavy atom. The lowest BCUT2D eigenvalue weighted by molar-refractivity contribution is -0.385.